The summed E-state index contributed by atoms with van der Waals surface area (Å²) in [6.07, 6.45) is 3.26. The first-order valence-electron chi connectivity index (χ1n) is 6.07. The Kier molecular flexibility index (Phi) is 6.52. The van der Waals surface area contributed by atoms with Gasteiger partial charge in [0, 0.05) is 6.54 Å². The van der Waals surface area contributed by atoms with Crippen LogP contribution in [-0.2, 0) is 11.2 Å². The maximum Gasteiger partial charge on any atom is 0.237 e. The van der Waals surface area contributed by atoms with Crippen molar-refractivity contribution in [2.45, 2.75) is 18.9 Å². The van der Waals surface area contributed by atoms with Crippen LogP contribution in [0, 0.1) is 0 Å². The molecule has 0 aliphatic rings. The number of nitrogens with one attached hydrogen (secondary N) is 1. The standard InChI is InChI=1S/C13H20N2O3S/c1-19-6-2-5-15-13(18)10(14)7-9-3-4-11(16)12(17)8-9/h3-4,8,10,16-17H,2,5-7,14H2,1H3,(H,15,18)/t10-/m0/s1. The molecule has 19 heavy (non-hydrogen) atoms. The fraction of sp³-hybridized carbons (Fsp3) is 0.462. The van der Waals surface area contributed by atoms with Gasteiger partial charge in [0.1, 0.15) is 0 Å². The van der Waals surface area contributed by atoms with Crippen LogP contribution in [-0.4, -0.2) is 40.7 Å². The third kappa shape index (κ3) is 5.40. The summed E-state index contributed by atoms with van der Waals surface area (Å²) in [6.45, 7) is 0.619. The summed E-state index contributed by atoms with van der Waals surface area (Å²) in [6, 6.07) is 3.78. The Labute approximate surface area is 117 Å². The summed E-state index contributed by atoms with van der Waals surface area (Å²) in [4.78, 5) is 11.7. The van der Waals surface area contributed by atoms with Crippen LogP contribution in [0.15, 0.2) is 18.2 Å². The van der Waals surface area contributed by atoms with Crippen LogP contribution < -0.4 is 11.1 Å². The minimum absolute atomic E-state index is 0.182. The first-order valence-corrected chi connectivity index (χ1v) is 7.47. The lowest BCUT2D eigenvalue weighted by Gasteiger charge is -2.12. The zero-order valence-corrected chi connectivity index (χ0v) is 11.7. The van der Waals surface area contributed by atoms with Crippen LogP contribution in [0.5, 0.6) is 11.5 Å². The molecule has 0 heterocycles. The van der Waals surface area contributed by atoms with Crippen molar-refractivity contribution in [3.05, 3.63) is 23.8 Å². The second-order valence-electron chi connectivity index (χ2n) is 4.27. The van der Waals surface area contributed by atoms with E-state index >= 15 is 0 Å². The second-order valence-corrected chi connectivity index (χ2v) is 5.26. The Bertz CT molecular complexity index is 426. The summed E-state index contributed by atoms with van der Waals surface area (Å²) in [5.41, 5.74) is 6.50. The van der Waals surface area contributed by atoms with E-state index in [0.717, 1.165) is 12.2 Å². The van der Waals surface area contributed by atoms with E-state index in [9.17, 15) is 15.0 Å². The van der Waals surface area contributed by atoms with Crippen LogP contribution in [0.3, 0.4) is 0 Å². The summed E-state index contributed by atoms with van der Waals surface area (Å²) in [7, 11) is 0. The van der Waals surface area contributed by atoms with Gasteiger partial charge in [-0.05, 0) is 42.5 Å². The first-order chi connectivity index (χ1) is 9.04. The van der Waals surface area contributed by atoms with E-state index in [1.807, 2.05) is 6.26 Å². The van der Waals surface area contributed by atoms with E-state index < -0.39 is 6.04 Å². The number of phenolic OH excluding ortho intramolecular Hbond substituents is 2. The van der Waals surface area contributed by atoms with Crippen molar-refractivity contribution in [2.24, 2.45) is 5.73 Å². The van der Waals surface area contributed by atoms with Gasteiger partial charge in [-0.15, -0.1) is 0 Å². The van der Waals surface area contributed by atoms with Gasteiger partial charge < -0.3 is 21.3 Å². The van der Waals surface area contributed by atoms with E-state index in [1.54, 1.807) is 17.8 Å². The largest absolute Gasteiger partial charge is 0.504 e. The van der Waals surface area contributed by atoms with E-state index in [1.165, 1.54) is 12.1 Å². The molecule has 0 aliphatic carbocycles. The van der Waals surface area contributed by atoms with Crippen LogP contribution in [0.1, 0.15) is 12.0 Å². The van der Waals surface area contributed by atoms with E-state index in [0.29, 0.717) is 18.5 Å². The van der Waals surface area contributed by atoms with Gasteiger partial charge in [-0.1, -0.05) is 6.07 Å². The highest BCUT2D eigenvalue weighted by Gasteiger charge is 2.14. The van der Waals surface area contributed by atoms with E-state index in [2.05, 4.69) is 5.32 Å². The molecular weight excluding hydrogens is 264 g/mol. The van der Waals surface area contributed by atoms with Crippen molar-refractivity contribution in [3.63, 3.8) is 0 Å². The van der Waals surface area contributed by atoms with Crippen molar-refractivity contribution >= 4 is 17.7 Å². The molecule has 1 aromatic rings. The summed E-state index contributed by atoms with van der Waals surface area (Å²) in [5, 5.41) is 21.3. The third-order valence-corrected chi connectivity index (χ3v) is 3.35. The maximum atomic E-state index is 11.7. The van der Waals surface area contributed by atoms with E-state index in [4.69, 9.17) is 5.73 Å². The number of phenols is 2. The topological polar surface area (TPSA) is 95.6 Å². The lowest BCUT2D eigenvalue weighted by molar-refractivity contribution is -0.122. The van der Waals surface area contributed by atoms with Crippen LogP contribution in [0.25, 0.3) is 0 Å². The van der Waals surface area contributed by atoms with Gasteiger partial charge in [-0.25, -0.2) is 0 Å². The molecule has 0 aromatic heterocycles. The number of aromatic hydroxyl groups is 2. The Morgan fingerprint density at radius 2 is 2.16 bits per heavy atom. The summed E-state index contributed by atoms with van der Waals surface area (Å²) >= 11 is 1.73. The predicted octanol–water partition coefficient (Wildman–Crippen LogP) is 0.837. The molecule has 0 bridgehead atoms. The molecule has 0 spiro atoms. The number of amides is 1. The van der Waals surface area contributed by atoms with Crippen molar-refractivity contribution in [1.82, 2.24) is 5.32 Å². The highest BCUT2D eigenvalue weighted by molar-refractivity contribution is 7.98. The molecular formula is C13H20N2O3S. The number of hydrogen-bond acceptors (Lipinski definition) is 5. The average molecular weight is 284 g/mol. The highest BCUT2D eigenvalue weighted by atomic mass is 32.2. The van der Waals surface area contributed by atoms with Gasteiger partial charge in [0.25, 0.3) is 0 Å². The molecule has 0 aliphatic heterocycles. The quantitative estimate of drug-likeness (QED) is 0.439. The van der Waals surface area contributed by atoms with E-state index in [-0.39, 0.29) is 17.4 Å². The van der Waals surface area contributed by atoms with Gasteiger partial charge in [0.05, 0.1) is 6.04 Å². The first kappa shape index (κ1) is 15.7. The number of benzene rings is 1. The summed E-state index contributed by atoms with van der Waals surface area (Å²) in [5.74, 6) is 0.416. The molecule has 106 valence electrons. The molecule has 0 unspecified atom stereocenters. The number of hydrogen-bond donors (Lipinski definition) is 4. The maximum absolute atomic E-state index is 11.7. The molecule has 5 N–H and O–H groups in total. The van der Waals surface area contributed by atoms with Gasteiger partial charge in [-0.3, -0.25) is 4.79 Å². The molecule has 0 saturated heterocycles. The van der Waals surface area contributed by atoms with Crippen molar-refractivity contribution in [3.8, 4) is 11.5 Å². The summed E-state index contributed by atoms with van der Waals surface area (Å²) < 4.78 is 0. The average Bonchev–Trinajstić information content (AvgIpc) is 2.38. The lowest BCUT2D eigenvalue weighted by atomic mass is 10.1. The van der Waals surface area contributed by atoms with Crippen LogP contribution >= 0.6 is 11.8 Å². The van der Waals surface area contributed by atoms with Gasteiger partial charge in [-0.2, -0.15) is 11.8 Å². The van der Waals surface area contributed by atoms with Crippen LogP contribution in [0.4, 0.5) is 0 Å². The lowest BCUT2D eigenvalue weighted by Crippen LogP contribution is -2.42. The van der Waals surface area contributed by atoms with Gasteiger partial charge in [0.2, 0.25) is 5.91 Å². The minimum Gasteiger partial charge on any atom is -0.504 e. The molecule has 0 fully saturated rings. The number of thioether (sulfide) groups is 1. The third-order valence-electron chi connectivity index (χ3n) is 2.66. The fourth-order valence-electron chi connectivity index (χ4n) is 1.60. The SMILES string of the molecule is CSCCCNC(=O)[C@@H](N)Cc1ccc(O)c(O)c1. The smallest absolute Gasteiger partial charge is 0.237 e. The molecule has 1 rings (SSSR count). The molecule has 1 atom stereocenters. The van der Waals surface area contributed by atoms with Crippen molar-refractivity contribution < 1.29 is 15.0 Å². The Balaban J connectivity index is 2.42. The zero-order chi connectivity index (χ0) is 14.3. The van der Waals surface area contributed by atoms with Gasteiger partial charge in [0.15, 0.2) is 11.5 Å². The van der Waals surface area contributed by atoms with Gasteiger partial charge >= 0.3 is 0 Å². The Morgan fingerprint density at radius 1 is 1.42 bits per heavy atom. The predicted molar refractivity (Wildman–Crippen MR) is 77.5 cm³/mol. The van der Waals surface area contributed by atoms with Crippen molar-refractivity contribution in [2.75, 3.05) is 18.6 Å². The molecule has 1 amide bonds. The number of carbonyl (C=O) groups excluding carboxylic acids is 1. The number of nitrogens with two attached hydrogens (primary N) is 1. The normalized spacial score (nSPS) is 12.1. The Hall–Kier alpha value is -1.40. The fourth-order valence-corrected chi connectivity index (χ4v) is 2.03. The molecule has 6 heteroatoms. The minimum atomic E-state index is -0.654. The molecule has 1 aromatic carbocycles. The second kappa shape index (κ2) is 7.91. The Morgan fingerprint density at radius 3 is 2.79 bits per heavy atom. The van der Waals surface area contributed by atoms with Crippen LogP contribution in [0.2, 0.25) is 0 Å². The molecule has 0 saturated carbocycles. The monoisotopic (exact) mass is 284 g/mol. The van der Waals surface area contributed by atoms with Crippen molar-refractivity contribution in [1.29, 1.82) is 0 Å². The highest BCUT2D eigenvalue weighted by Crippen LogP contribution is 2.25. The molecule has 0 radical (unpaired) electrons. The number of rotatable bonds is 7. The zero-order valence-electron chi connectivity index (χ0n) is 10.9. The number of carbonyl (C=O) groups is 1. The molecule has 5 nitrogen and oxygen atoms in total.